The minimum Gasteiger partial charge on any atom is -0.400 e. The Hall–Kier alpha value is 0.310. The van der Waals surface area contributed by atoms with Crippen LogP contribution in [-0.2, 0) is 0 Å². The molecule has 0 amide bonds. The van der Waals surface area contributed by atoms with Gasteiger partial charge in [0.2, 0.25) is 0 Å². The van der Waals surface area contributed by atoms with E-state index in [9.17, 15) is 0 Å². The molecule has 0 atom stereocenters. The zero-order chi connectivity index (χ0) is 10.4. The van der Waals surface area contributed by atoms with Gasteiger partial charge in [-0.25, -0.2) is 0 Å². The van der Waals surface area contributed by atoms with Crippen molar-refractivity contribution in [2.45, 2.75) is 52.4 Å². The van der Waals surface area contributed by atoms with E-state index in [0.29, 0.717) is 0 Å². The standard InChI is InChI=1S/C10H22S.CH4O/c1-3-5-7-9-11-10-8-6-4-2;1-2/h3-10H2,1-2H3;2H,1H3. The molecule has 13 heavy (non-hydrogen) atoms. The van der Waals surface area contributed by atoms with Crippen molar-refractivity contribution in [3.05, 3.63) is 0 Å². The van der Waals surface area contributed by atoms with Crippen LogP contribution in [0, 0.1) is 0 Å². The maximum absolute atomic E-state index is 7.00. The van der Waals surface area contributed by atoms with Gasteiger partial charge >= 0.3 is 0 Å². The van der Waals surface area contributed by atoms with E-state index in [-0.39, 0.29) is 0 Å². The van der Waals surface area contributed by atoms with Crippen molar-refractivity contribution in [2.24, 2.45) is 0 Å². The average molecular weight is 206 g/mol. The van der Waals surface area contributed by atoms with Gasteiger partial charge in [-0.2, -0.15) is 11.8 Å². The molecule has 0 saturated carbocycles. The maximum atomic E-state index is 7.00. The summed E-state index contributed by atoms with van der Waals surface area (Å²) in [6.45, 7) is 4.53. The van der Waals surface area contributed by atoms with Crippen molar-refractivity contribution >= 4 is 11.8 Å². The molecular weight excluding hydrogens is 180 g/mol. The largest absolute Gasteiger partial charge is 0.400 e. The quantitative estimate of drug-likeness (QED) is 0.611. The van der Waals surface area contributed by atoms with Gasteiger partial charge in [0.1, 0.15) is 0 Å². The normalized spacial score (nSPS) is 9.23. The zero-order valence-electron chi connectivity index (χ0n) is 9.51. The number of thioether (sulfide) groups is 1. The molecule has 0 radical (unpaired) electrons. The Bertz CT molecular complexity index is 59.1. The molecule has 0 aliphatic heterocycles. The van der Waals surface area contributed by atoms with Gasteiger partial charge < -0.3 is 5.11 Å². The average Bonchev–Trinajstić information content (AvgIpc) is 2.20. The fourth-order valence-electron chi connectivity index (χ4n) is 1.01. The van der Waals surface area contributed by atoms with E-state index in [0.717, 1.165) is 7.11 Å². The van der Waals surface area contributed by atoms with Crippen LogP contribution in [0.25, 0.3) is 0 Å². The van der Waals surface area contributed by atoms with Gasteiger partial charge in [-0.3, -0.25) is 0 Å². The molecule has 0 aliphatic carbocycles. The lowest BCUT2D eigenvalue weighted by Crippen LogP contribution is -1.83. The lowest BCUT2D eigenvalue weighted by molar-refractivity contribution is 0.399. The van der Waals surface area contributed by atoms with Crippen LogP contribution in [0.5, 0.6) is 0 Å². The van der Waals surface area contributed by atoms with Crippen molar-refractivity contribution in [3.8, 4) is 0 Å². The smallest absolute Gasteiger partial charge is 0.0319 e. The van der Waals surface area contributed by atoms with Gasteiger partial charge in [0, 0.05) is 7.11 Å². The molecule has 0 spiro atoms. The summed E-state index contributed by atoms with van der Waals surface area (Å²) in [4.78, 5) is 0. The van der Waals surface area contributed by atoms with E-state index >= 15 is 0 Å². The monoisotopic (exact) mass is 206 g/mol. The van der Waals surface area contributed by atoms with Gasteiger partial charge in [0.15, 0.2) is 0 Å². The lowest BCUT2D eigenvalue weighted by atomic mass is 10.3. The van der Waals surface area contributed by atoms with Crippen LogP contribution in [-0.4, -0.2) is 23.7 Å². The van der Waals surface area contributed by atoms with Crippen molar-refractivity contribution in [1.82, 2.24) is 0 Å². The minimum absolute atomic E-state index is 1.00. The van der Waals surface area contributed by atoms with Gasteiger partial charge in [0.25, 0.3) is 0 Å². The Labute approximate surface area is 88.3 Å². The Kier molecular flexibility index (Phi) is 22.0. The van der Waals surface area contributed by atoms with E-state index in [1.807, 2.05) is 0 Å². The van der Waals surface area contributed by atoms with E-state index in [1.165, 1.54) is 50.0 Å². The first-order valence-corrected chi connectivity index (χ1v) is 6.59. The first-order chi connectivity index (χ1) is 6.41. The van der Waals surface area contributed by atoms with Crippen LogP contribution in [0.1, 0.15) is 52.4 Å². The highest BCUT2D eigenvalue weighted by atomic mass is 32.2. The topological polar surface area (TPSA) is 20.2 Å². The molecular formula is C11H26OS. The second kappa shape index (κ2) is 18.2. The summed E-state index contributed by atoms with van der Waals surface area (Å²) < 4.78 is 0. The van der Waals surface area contributed by atoms with Crippen LogP contribution in [0.4, 0.5) is 0 Å². The first-order valence-electron chi connectivity index (χ1n) is 5.44. The number of hydrogen-bond acceptors (Lipinski definition) is 2. The van der Waals surface area contributed by atoms with Gasteiger partial charge in [-0.1, -0.05) is 39.5 Å². The molecule has 0 heterocycles. The van der Waals surface area contributed by atoms with Crippen molar-refractivity contribution in [3.63, 3.8) is 0 Å². The maximum Gasteiger partial charge on any atom is 0.0319 e. The molecule has 1 nitrogen and oxygen atoms in total. The SMILES string of the molecule is CCCCCSCCCCC.CO. The Morgan fingerprint density at radius 2 is 1.15 bits per heavy atom. The predicted octanol–water partition coefficient (Wildman–Crippen LogP) is 3.71. The molecule has 2 heteroatoms. The molecule has 0 rings (SSSR count). The zero-order valence-corrected chi connectivity index (χ0v) is 10.3. The van der Waals surface area contributed by atoms with Crippen LogP contribution in [0.3, 0.4) is 0 Å². The molecule has 82 valence electrons. The number of aliphatic hydroxyl groups is 1. The fraction of sp³-hybridized carbons (Fsp3) is 1.00. The second-order valence-electron chi connectivity index (χ2n) is 3.03. The Balaban J connectivity index is 0. The van der Waals surface area contributed by atoms with Gasteiger partial charge in [0.05, 0.1) is 0 Å². The molecule has 1 N–H and O–H groups in total. The Morgan fingerprint density at radius 1 is 0.769 bits per heavy atom. The highest BCUT2D eigenvalue weighted by molar-refractivity contribution is 7.99. The number of hydrogen-bond donors (Lipinski definition) is 1. The molecule has 0 aromatic carbocycles. The molecule has 0 saturated heterocycles. The summed E-state index contributed by atoms with van der Waals surface area (Å²) in [5, 5.41) is 7.00. The van der Waals surface area contributed by atoms with Crippen LogP contribution >= 0.6 is 11.8 Å². The van der Waals surface area contributed by atoms with Crippen molar-refractivity contribution < 1.29 is 5.11 Å². The lowest BCUT2D eigenvalue weighted by Gasteiger charge is -1.99. The number of aliphatic hydroxyl groups excluding tert-OH is 1. The predicted molar refractivity (Wildman–Crippen MR) is 64.5 cm³/mol. The second-order valence-corrected chi connectivity index (χ2v) is 4.25. The number of unbranched alkanes of at least 4 members (excludes halogenated alkanes) is 4. The van der Waals surface area contributed by atoms with Gasteiger partial charge in [-0.15, -0.1) is 0 Å². The summed E-state index contributed by atoms with van der Waals surface area (Å²) in [5.41, 5.74) is 0. The van der Waals surface area contributed by atoms with Crippen molar-refractivity contribution in [2.75, 3.05) is 18.6 Å². The summed E-state index contributed by atoms with van der Waals surface area (Å²) in [6, 6.07) is 0. The van der Waals surface area contributed by atoms with Gasteiger partial charge in [-0.05, 0) is 24.3 Å². The highest BCUT2D eigenvalue weighted by Gasteiger charge is 1.88. The van der Waals surface area contributed by atoms with Crippen LogP contribution in [0.2, 0.25) is 0 Å². The molecule has 0 aromatic heterocycles. The van der Waals surface area contributed by atoms with Crippen LogP contribution in [0.15, 0.2) is 0 Å². The molecule has 0 aliphatic rings. The highest BCUT2D eigenvalue weighted by Crippen LogP contribution is 2.09. The van der Waals surface area contributed by atoms with Crippen molar-refractivity contribution in [1.29, 1.82) is 0 Å². The summed E-state index contributed by atoms with van der Waals surface area (Å²) >= 11 is 2.13. The summed E-state index contributed by atoms with van der Waals surface area (Å²) in [7, 11) is 1.00. The minimum atomic E-state index is 1.00. The fourth-order valence-corrected chi connectivity index (χ4v) is 2.03. The molecule has 0 unspecified atom stereocenters. The van der Waals surface area contributed by atoms with E-state index < -0.39 is 0 Å². The third kappa shape index (κ3) is 18.9. The Morgan fingerprint density at radius 3 is 1.46 bits per heavy atom. The molecule has 0 fully saturated rings. The first kappa shape index (κ1) is 15.8. The third-order valence-corrected chi connectivity index (χ3v) is 2.94. The van der Waals surface area contributed by atoms with E-state index in [4.69, 9.17) is 5.11 Å². The summed E-state index contributed by atoms with van der Waals surface area (Å²) in [5.74, 6) is 2.77. The van der Waals surface area contributed by atoms with E-state index in [1.54, 1.807) is 0 Å². The third-order valence-electron chi connectivity index (χ3n) is 1.78. The van der Waals surface area contributed by atoms with E-state index in [2.05, 4.69) is 25.6 Å². The summed E-state index contributed by atoms with van der Waals surface area (Å²) in [6.07, 6.45) is 8.40. The molecule has 0 bridgehead atoms. The van der Waals surface area contributed by atoms with Crippen LogP contribution < -0.4 is 0 Å². The molecule has 0 aromatic rings. The number of rotatable bonds is 8.